The van der Waals surface area contributed by atoms with Gasteiger partial charge in [-0.2, -0.15) is 0 Å². The van der Waals surface area contributed by atoms with E-state index in [9.17, 15) is 9.90 Å². The Kier molecular flexibility index (Phi) is 5.02. The van der Waals surface area contributed by atoms with Crippen molar-refractivity contribution in [1.82, 2.24) is 5.32 Å². The molecule has 0 unspecified atom stereocenters. The molecule has 2 aliphatic heterocycles. The number of carbonyl (C=O) groups is 1. The molecule has 2 heterocycles. The second-order valence-corrected chi connectivity index (χ2v) is 6.99. The molecule has 2 aliphatic rings. The molecule has 0 aliphatic carbocycles. The van der Waals surface area contributed by atoms with Crippen LogP contribution in [0.15, 0.2) is 24.3 Å². The van der Waals surface area contributed by atoms with Gasteiger partial charge < -0.3 is 29.4 Å². The zero-order chi connectivity index (χ0) is 18.2. The maximum Gasteiger partial charge on any atom is 0.223 e. The zero-order valence-corrected chi connectivity index (χ0v) is 14.9. The van der Waals surface area contributed by atoms with Gasteiger partial charge in [0.1, 0.15) is 30.1 Å². The number of aliphatic hydroxyl groups excluding tert-OH is 1. The number of aryl methyl sites for hydroxylation is 1. The molecule has 1 aromatic rings. The summed E-state index contributed by atoms with van der Waals surface area (Å²) in [6, 6.07) is 6.74. The highest BCUT2D eigenvalue weighted by Gasteiger charge is 2.52. The lowest BCUT2D eigenvalue weighted by Crippen LogP contribution is -2.69. The van der Waals surface area contributed by atoms with Gasteiger partial charge >= 0.3 is 0 Å². The summed E-state index contributed by atoms with van der Waals surface area (Å²) in [7, 11) is 0. The van der Waals surface area contributed by atoms with E-state index in [1.165, 1.54) is 6.92 Å². The SMILES string of the molecule is CC(=O)N[C@H]1[C@H](Oc2cccc(C)c2)O[C@@H]2COC(C)(C)O[C@H]2[C@@H]1O. The molecule has 7 nitrogen and oxygen atoms in total. The number of fused-ring (bicyclic) bond motifs is 1. The topological polar surface area (TPSA) is 86.3 Å². The van der Waals surface area contributed by atoms with E-state index in [0.29, 0.717) is 5.75 Å². The predicted octanol–water partition coefficient (Wildman–Crippen LogP) is 1.12. The summed E-state index contributed by atoms with van der Waals surface area (Å²) >= 11 is 0. The van der Waals surface area contributed by atoms with Crippen molar-refractivity contribution in [3.05, 3.63) is 29.8 Å². The van der Waals surface area contributed by atoms with E-state index in [4.69, 9.17) is 18.9 Å². The van der Waals surface area contributed by atoms with Crippen molar-refractivity contribution in [1.29, 1.82) is 0 Å². The maximum atomic E-state index is 11.6. The molecule has 0 spiro atoms. The summed E-state index contributed by atoms with van der Waals surface area (Å²) in [6.45, 7) is 7.17. The smallest absolute Gasteiger partial charge is 0.223 e. The molecule has 7 heteroatoms. The van der Waals surface area contributed by atoms with Crippen molar-refractivity contribution in [2.45, 2.75) is 64.1 Å². The van der Waals surface area contributed by atoms with Gasteiger partial charge in [-0.25, -0.2) is 0 Å². The highest BCUT2D eigenvalue weighted by molar-refractivity contribution is 5.73. The van der Waals surface area contributed by atoms with Crippen LogP contribution in [-0.4, -0.2) is 54.1 Å². The Morgan fingerprint density at radius 3 is 2.84 bits per heavy atom. The van der Waals surface area contributed by atoms with E-state index in [0.717, 1.165) is 5.56 Å². The van der Waals surface area contributed by atoms with Gasteiger partial charge in [-0.05, 0) is 38.5 Å². The molecule has 0 aromatic heterocycles. The minimum absolute atomic E-state index is 0.273. The first-order chi connectivity index (χ1) is 11.7. The second-order valence-electron chi connectivity index (χ2n) is 6.99. The van der Waals surface area contributed by atoms with Crippen molar-refractivity contribution in [3.63, 3.8) is 0 Å². The number of carbonyl (C=O) groups excluding carboxylic acids is 1. The number of hydrogen-bond acceptors (Lipinski definition) is 6. The fraction of sp³-hybridized carbons (Fsp3) is 0.611. The predicted molar refractivity (Wildman–Crippen MR) is 89.0 cm³/mol. The highest BCUT2D eigenvalue weighted by Crippen LogP contribution is 2.33. The fourth-order valence-electron chi connectivity index (χ4n) is 3.16. The van der Waals surface area contributed by atoms with Crippen molar-refractivity contribution in [2.24, 2.45) is 0 Å². The van der Waals surface area contributed by atoms with Gasteiger partial charge in [0, 0.05) is 6.92 Å². The molecule has 2 saturated heterocycles. The Morgan fingerprint density at radius 1 is 1.40 bits per heavy atom. The number of aliphatic hydroxyl groups is 1. The highest BCUT2D eigenvalue weighted by atomic mass is 16.8. The standard InChI is InChI=1S/C18H25NO6/c1-10-6-5-7-12(8-10)23-17-14(19-11(2)20)15(21)16-13(24-17)9-22-18(3,4)25-16/h5-8,13-17,21H,9H2,1-4H3,(H,19,20)/t13-,14-,15-,16-,17-/m1/s1. The number of amides is 1. The number of rotatable bonds is 3. The van der Waals surface area contributed by atoms with Gasteiger partial charge in [-0.15, -0.1) is 0 Å². The Bertz CT molecular complexity index is 634. The molecule has 5 atom stereocenters. The van der Waals surface area contributed by atoms with Crippen LogP contribution in [-0.2, 0) is 19.0 Å². The van der Waals surface area contributed by atoms with Gasteiger partial charge in [0.15, 0.2) is 5.79 Å². The first-order valence-corrected chi connectivity index (χ1v) is 8.41. The third-order valence-electron chi connectivity index (χ3n) is 4.30. The van der Waals surface area contributed by atoms with E-state index in [1.54, 1.807) is 19.9 Å². The second kappa shape index (κ2) is 6.92. The zero-order valence-electron chi connectivity index (χ0n) is 14.9. The lowest BCUT2D eigenvalue weighted by molar-refractivity contribution is -0.361. The van der Waals surface area contributed by atoms with Crippen LogP contribution >= 0.6 is 0 Å². The van der Waals surface area contributed by atoms with Gasteiger partial charge in [0.05, 0.1) is 6.61 Å². The van der Waals surface area contributed by atoms with Crippen LogP contribution < -0.4 is 10.1 Å². The molecule has 2 N–H and O–H groups in total. The Balaban J connectivity index is 1.82. The molecule has 25 heavy (non-hydrogen) atoms. The quantitative estimate of drug-likeness (QED) is 0.849. The molecule has 1 aromatic carbocycles. The van der Waals surface area contributed by atoms with E-state index < -0.39 is 36.4 Å². The molecule has 3 rings (SSSR count). The van der Waals surface area contributed by atoms with Crippen LogP contribution in [0.5, 0.6) is 5.75 Å². The van der Waals surface area contributed by atoms with Crippen LogP contribution in [0.1, 0.15) is 26.3 Å². The Hall–Kier alpha value is -1.67. The molecule has 2 fully saturated rings. The molecule has 0 bridgehead atoms. The van der Waals surface area contributed by atoms with E-state index >= 15 is 0 Å². The van der Waals surface area contributed by atoms with Gasteiger partial charge in [-0.1, -0.05) is 12.1 Å². The summed E-state index contributed by atoms with van der Waals surface area (Å²) in [5, 5.41) is 13.5. The van der Waals surface area contributed by atoms with Crippen LogP contribution in [0, 0.1) is 6.92 Å². The van der Waals surface area contributed by atoms with Crippen molar-refractivity contribution in [2.75, 3.05) is 6.61 Å². The first kappa shape index (κ1) is 18.1. The number of ether oxygens (including phenoxy) is 4. The van der Waals surface area contributed by atoms with Gasteiger partial charge in [0.2, 0.25) is 12.2 Å². The van der Waals surface area contributed by atoms with Crippen LogP contribution in [0.4, 0.5) is 0 Å². The van der Waals surface area contributed by atoms with E-state index in [-0.39, 0.29) is 12.5 Å². The lowest BCUT2D eigenvalue weighted by atomic mass is 9.95. The van der Waals surface area contributed by atoms with Crippen LogP contribution in [0.3, 0.4) is 0 Å². The summed E-state index contributed by atoms with van der Waals surface area (Å²) in [4.78, 5) is 11.6. The lowest BCUT2D eigenvalue weighted by Gasteiger charge is -2.49. The summed E-state index contributed by atoms with van der Waals surface area (Å²) in [5.41, 5.74) is 1.04. The average molecular weight is 351 g/mol. The molecular formula is C18H25NO6. The monoisotopic (exact) mass is 351 g/mol. The van der Waals surface area contributed by atoms with Gasteiger partial charge in [0.25, 0.3) is 0 Å². The molecular weight excluding hydrogens is 326 g/mol. The maximum absolute atomic E-state index is 11.6. The third-order valence-corrected chi connectivity index (χ3v) is 4.30. The van der Waals surface area contributed by atoms with Crippen LogP contribution in [0.2, 0.25) is 0 Å². The summed E-state index contributed by atoms with van der Waals surface area (Å²) < 4.78 is 23.3. The molecule has 0 radical (unpaired) electrons. The third kappa shape index (κ3) is 4.12. The van der Waals surface area contributed by atoms with Crippen molar-refractivity contribution in [3.8, 4) is 5.75 Å². The van der Waals surface area contributed by atoms with E-state index in [2.05, 4.69) is 5.32 Å². The Morgan fingerprint density at radius 2 is 2.16 bits per heavy atom. The van der Waals surface area contributed by atoms with Crippen LogP contribution in [0.25, 0.3) is 0 Å². The summed E-state index contributed by atoms with van der Waals surface area (Å²) in [5.74, 6) is -0.504. The molecule has 138 valence electrons. The van der Waals surface area contributed by atoms with Crippen molar-refractivity contribution >= 4 is 5.91 Å². The minimum Gasteiger partial charge on any atom is -0.463 e. The fourth-order valence-corrected chi connectivity index (χ4v) is 3.16. The van der Waals surface area contributed by atoms with Crippen molar-refractivity contribution < 1.29 is 28.8 Å². The van der Waals surface area contributed by atoms with E-state index in [1.807, 2.05) is 25.1 Å². The normalized spacial score (nSPS) is 34.0. The minimum atomic E-state index is -0.986. The average Bonchev–Trinajstić information content (AvgIpc) is 2.51. The number of benzene rings is 1. The number of hydrogen-bond donors (Lipinski definition) is 2. The molecule has 1 amide bonds. The summed E-state index contributed by atoms with van der Waals surface area (Å²) in [6.07, 6.45) is -2.93. The first-order valence-electron chi connectivity index (χ1n) is 8.41. The number of nitrogens with one attached hydrogen (secondary N) is 1. The molecule has 0 saturated carbocycles. The Labute approximate surface area is 147 Å². The largest absolute Gasteiger partial charge is 0.463 e. The van der Waals surface area contributed by atoms with Gasteiger partial charge in [-0.3, -0.25) is 4.79 Å².